The molecule has 6 heteroatoms. The van der Waals surface area contributed by atoms with Crippen molar-refractivity contribution in [3.8, 4) is 0 Å². The molecule has 1 fully saturated rings. The number of piperidine rings is 1. The number of carbonyl (C=O) groups excluding carboxylic acids is 1. The third-order valence-corrected chi connectivity index (χ3v) is 5.62. The van der Waals surface area contributed by atoms with Crippen LogP contribution in [0.1, 0.15) is 53.7 Å². The van der Waals surface area contributed by atoms with Crippen molar-refractivity contribution in [2.75, 3.05) is 19.7 Å². The lowest BCUT2D eigenvalue weighted by molar-refractivity contribution is 0.0704. The highest BCUT2D eigenvalue weighted by atomic mass is 16.3. The molecule has 1 atom stereocenters. The highest BCUT2D eigenvalue weighted by Gasteiger charge is 2.29. The van der Waals surface area contributed by atoms with Gasteiger partial charge in [-0.25, -0.2) is 4.98 Å². The third-order valence-electron chi connectivity index (χ3n) is 5.62. The molecule has 0 bridgehead atoms. The van der Waals surface area contributed by atoms with Crippen molar-refractivity contribution in [1.29, 1.82) is 0 Å². The zero-order valence-corrected chi connectivity index (χ0v) is 15.9. The number of carbonyl (C=O) groups is 1. The topological polar surface area (TPSA) is 74.2 Å². The van der Waals surface area contributed by atoms with Crippen molar-refractivity contribution >= 4 is 16.8 Å². The average Bonchev–Trinajstić information content (AvgIpc) is 3.30. The molecule has 2 aromatic heterocycles. The van der Waals surface area contributed by atoms with Crippen LogP contribution in [0.4, 0.5) is 0 Å². The van der Waals surface area contributed by atoms with Crippen LogP contribution in [-0.4, -0.2) is 50.1 Å². The predicted molar refractivity (Wildman–Crippen MR) is 105 cm³/mol. The molecule has 6 nitrogen and oxygen atoms in total. The number of aromatic amines is 1. The minimum atomic E-state index is 0.0218. The average molecular weight is 366 g/mol. The molecule has 0 radical (unpaired) electrons. The van der Waals surface area contributed by atoms with Crippen molar-refractivity contribution in [3.05, 3.63) is 53.7 Å². The normalized spacial score (nSPS) is 16.8. The first-order valence-corrected chi connectivity index (χ1v) is 9.60. The molecule has 4 rings (SSSR count). The van der Waals surface area contributed by atoms with Gasteiger partial charge in [0, 0.05) is 41.8 Å². The number of aromatic nitrogens is 3. The fourth-order valence-corrected chi connectivity index (χ4v) is 4.12. The number of amides is 1. The van der Waals surface area contributed by atoms with E-state index in [-0.39, 0.29) is 18.6 Å². The molecule has 1 saturated heterocycles. The summed E-state index contributed by atoms with van der Waals surface area (Å²) in [6.45, 7) is 5.57. The first-order valence-electron chi connectivity index (χ1n) is 9.60. The molecule has 3 heterocycles. The fraction of sp³-hybridized carbons (Fsp3) is 0.429. The molecule has 1 aromatic carbocycles. The van der Waals surface area contributed by atoms with E-state index in [9.17, 15) is 9.90 Å². The maximum atomic E-state index is 12.9. The van der Waals surface area contributed by atoms with Crippen LogP contribution in [0.2, 0.25) is 0 Å². The Labute approximate surface area is 158 Å². The number of aliphatic hydroxyl groups excluding tert-OH is 1. The van der Waals surface area contributed by atoms with E-state index in [1.165, 1.54) is 0 Å². The third kappa shape index (κ3) is 3.25. The molecule has 0 saturated carbocycles. The first kappa shape index (κ1) is 17.8. The van der Waals surface area contributed by atoms with Gasteiger partial charge in [0.25, 0.3) is 5.91 Å². The van der Waals surface area contributed by atoms with E-state index in [2.05, 4.69) is 14.5 Å². The van der Waals surface area contributed by atoms with Crippen LogP contribution in [0.5, 0.6) is 0 Å². The van der Waals surface area contributed by atoms with E-state index in [0.717, 1.165) is 48.4 Å². The number of nitrogens with zero attached hydrogens (tertiary/aromatic N) is 3. The molecule has 1 amide bonds. The van der Waals surface area contributed by atoms with Gasteiger partial charge in [0.15, 0.2) is 0 Å². The van der Waals surface area contributed by atoms with Crippen molar-refractivity contribution < 1.29 is 9.90 Å². The van der Waals surface area contributed by atoms with Crippen LogP contribution in [0.25, 0.3) is 10.9 Å². The molecule has 3 aromatic rings. The van der Waals surface area contributed by atoms with Crippen LogP contribution in [-0.2, 0) is 0 Å². The van der Waals surface area contributed by atoms with E-state index in [1.54, 1.807) is 0 Å². The Morgan fingerprint density at radius 2 is 2.07 bits per heavy atom. The highest BCUT2D eigenvalue weighted by molar-refractivity contribution is 5.98. The van der Waals surface area contributed by atoms with Gasteiger partial charge in [-0.3, -0.25) is 4.79 Å². The zero-order valence-electron chi connectivity index (χ0n) is 15.9. The Morgan fingerprint density at radius 3 is 2.78 bits per heavy atom. The molecular weight excluding hydrogens is 340 g/mol. The second kappa shape index (κ2) is 7.19. The van der Waals surface area contributed by atoms with Crippen LogP contribution in [0, 0.1) is 6.92 Å². The van der Waals surface area contributed by atoms with E-state index >= 15 is 0 Å². The van der Waals surface area contributed by atoms with Crippen molar-refractivity contribution in [2.45, 2.75) is 38.6 Å². The number of aryl methyl sites for hydroxylation is 1. The van der Waals surface area contributed by atoms with Crippen molar-refractivity contribution in [1.82, 2.24) is 19.4 Å². The van der Waals surface area contributed by atoms with Gasteiger partial charge < -0.3 is 19.6 Å². The summed E-state index contributed by atoms with van der Waals surface area (Å²) >= 11 is 0. The molecule has 0 aliphatic carbocycles. The number of hydrogen-bond donors (Lipinski definition) is 2. The molecule has 0 unspecified atom stereocenters. The van der Waals surface area contributed by atoms with E-state index in [4.69, 9.17) is 0 Å². The summed E-state index contributed by atoms with van der Waals surface area (Å²) in [6, 6.07) is 9.91. The molecule has 142 valence electrons. The summed E-state index contributed by atoms with van der Waals surface area (Å²) in [5.74, 6) is 1.42. The van der Waals surface area contributed by atoms with Gasteiger partial charge in [-0.1, -0.05) is 18.2 Å². The minimum Gasteiger partial charge on any atom is -0.394 e. The summed E-state index contributed by atoms with van der Waals surface area (Å²) in [6.07, 6.45) is 3.66. The number of nitrogens with one attached hydrogen (secondary N) is 1. The molecule has 2 N–H and O–H groups in total. The van der Waals surface area contributed by atoms with Gasteiger partial charge in [0.2, 0.25) is 0 Å². The summed E-state index contributed by atoms with van der Waals surface area (Å²) in [5, 5.41) is 10.6. The van der Waals surface area contributed by atoms with Crippen LogP contribution in [0.3, 0.4) is 0 Å². The zero-order chi connectivity index (χ0) is 19.0. The number of rotatable bonds is 4. The number of para-hydroxylation sites is 1. The SMILES string of the molecule is Cc1cnc(C2CCN(C(=O)c3cc4ccccc4[nH]3)CC2)n1[C@H](C)CO. The Morgan fingerprint density at radius 1 is 1.33 bits per heavy atom. The Bertz CT molecular complexity index is 917. The lowest BCUT2D eigenvalue weighted by Gasteiger charge is -2.32. The monoisotopic (exact) mass is 366 g/mol. The van der Waals surface area contributed by atoms with Crippen LogP contribution >= 0.6 is 0 Å². The Balaban J connectivity index is 1.47. The van der Waals surface area contributed by atoms with Gasteiger partial charge in [-0.2, -0.15) is 0 Å². The molecular formula is C21H26N4O2. The lowest BCUT2D eigenvalue weighted by atomic mass is 9.95. The lowest BCUT2D eigenvalue weighted by Crippen LogP contribution is -2.38. The molecule has 1 aliphatic heterocycles. The van der Waals surface area contributed by atoms with Gasteiger partial charge in [0.1, 0.15) is 11.5 Å². The molecule has 27 heavy (non-hydrogen) atoms. The van der Waals surface area contributed by atoms with Gasteiger partial charge in [-0.05, 0) is 38.8 Å². The second-order valence-electron chi connectivity index (χ2n) is 7.50. The number of aliphatic hydroxyl groups is 1. The number of H-pyrrole nitrogens is 1. The highest BCUT2D eigenvalue weighted by Crippen LogP contribution is 2.30. The minimum absolute atomic E-state index is 0.0218. The van der Waals surface area contributed by atoms with Crippen molar-refractivity contribution in [3.63, 3.8) is 0 Å². The van der Waals surface area contributed by atoms with Gasteiger partial charge in [0.05, 0.1) is 12.6 Å². The fourth-order valence-electron chi connectivity index (χ4n) is 4.12. The summed E-state index contributed by atoms with van der Waals surface area (Å²) in [5.41, 5.74) is 2.72. The van der Waals surface area contributed by atoms with Crippen LogP contribution in [0.15, 0.2) is 36.5 Å². The molecule has 1 aliphatic rings. The van der Waals surface area contributed by atoms with E-state index < -0.39 is 0 Å². The number of likely N-dealkylation sites (tertiary alicyclic amines) is 1. The Kier molecular flexibility index (Phi) is 4.74. The van der Waals surface area contributed by atoms with E-state index in [1.807, 2.05) is 55.3 Å². The number of imidazole rings is 1. The number of hydrogen-bond acceptors (Lipinski definition) is 3. The molecule has 0 spiro atoms. The van der Waals surface area contributed by atoms with Crippen molar-refractivity contribution in [2.24, 2.45) is 0 Å². The standard InChI is InChI=1S/C21H26N4O2/c1-14-12-22-20(25(14)15(2)13-26)16-7-9-24(10-8-16)21(27)19-11-17-5-3-4-6-18(17)23-19/h3-6,11-12,15-16,23,26H,7-10,13H2,1-2H3/t15-/m1/s1. The largest absolute Gasteiger partial charge is 0.394 e. The maximum Gasteiger partial charge on any atom is 0.270 e. The van der Waals surface area contributed by atoms with Gasteiger partial charge in [-0.15, -0.1) is 0 Å². The number of benzene rings is 1. The Hall–Kier alpha value is -2.60. The summed E-state index contributed by atoms with van der Waals surface area (Å²) in [4.78, 5) is 22.6. The van der Waals surface area contributed by atoms with Gasteiger partial charge >= 0.3 is 0 Å². The second-order valence-corrected chi connectivity index (χ2v) is 7.50. The first-order chi connectivity index (χ1) is 13.1. The summed E-state index contributed by atoms with van der Waals surface area (Å²) < 4.78 is 2.14. The maximum absolute atomic E-state index is 12.9. The smallest absolute Gasteiger partial charge is 0.270 e. The number of fused-ring (bicyclic) bond motifs is 1. The van der Waals surface area contributed by atoms with E-state index in [0.29, 0.717) is 11.6 Å². The predicted octanol–water partition coefficient (Wildman–Crippen LogP) is 3.25. The quantitative estimate of drug-likeness (QED) is 0.744. The summed E-state index contributed by atoms with van der Waals surface area (Å²) in [7, 11) is 0. The van der Waals surface area contributed by atoms with Crippen LogP contribution < -0.4 is 0 Å².